The van der Waals surface area contributed by atoms with Crippen LogP contribution in [-0.2, 0) is 4.74 Å². The molecule has 0 radical (unpaired) electrons. The van der Waals surface area contributed by atoms with Crippen molar-refractivity contribution in [2.45, 2.75) is 39.0 Å². The van der Waals surface area contributed by atoms with Gasteiger partial charge in [0.25, 0.3) is 0 Å². The lowest BCUT2D eigenvalue weighted by molar-refractivity contribution is 0.0865. The van der Waals surface area contributed by atoms with Gasteiger partial charge in [0, 0.05) is 13.1 Å². The molecule has 0 N–H and O–H groups in total. The number of piperidine rings is 1. The van der Waals surface area contributed by atoms with E-state index in [1.165, 1.54) is 10.8 Å². The summed E-state index contributed by atoms with van der Waals surface area (Å²) in [7, 11) is 0. The smallest absolute Gasteiger partial charge is 0.409 e. The molecule has 1 saturated heterocycles. The van der Waals surface area contributed by atoms with Gasteiger partial charge in [-0.05, 0) is 36.0 Å². The van der Waals surface area contributed by atoms with E-state index in [4.69, 9.17) is 4.74 Å². The van der Waals surface area contributed by atoms with Crippen molar-refractivity contribution in [1.29, 1.82) is 0 Å². The van der Waals surface area contributed by atoms with E-state index in [0.717, 1.165) is 44.7 Å². The first-order valence-electron chi connectivity index (χ1n) is 6.25. The fraction of sp³-hybridized carbons (Fsp3) is 0.917. The van der Waals surface area contributed by atoms with E-state index in [9.17, 15) is 4.79 Å². The summed E-state index contributed by atoms with van der Waals surface area (Å²) in [6.07, 6.45) is 5.51. The van der Waals surface area contributed by atoms with E-state index >= 15 is 0 Å². The second-order valence-electron chi connectivity index (χ2n) is 4.38. The topological polar surface area (TPSA) is 29.5 Å². The first-order chi connectivity index (χ1) is 7.77. The standard InChI is InChI=1S/C12H22INO2/c1-2-3-10-16-12(15)14-8-5-11(4-7-13)6-9-14/h11H,2-10H2,1H3. The quantitative estimate of drug-likeness (QED) is 0.436. The van der Waals surface area contributed by atoms with Gasteiger partial charge in [-0.1, -0.05) is 35.9 Å². The zero-order valence-electron chi connectivity index (χ0n) is 10.1. The number of alkyl halides is 1. The van der Waals surface area contributed by atoms with Gasteiger partial charge in [0.1, 0.15) is 0 Å². The Morgan fingerprint density at radius 3 is 2.69 bits per heavy atom. The highest BCUT2D eigenvalue weighted by Gasteiger charge is 2.22. The lowest BCUT2D eigenvalue weighted by atomic mass is 9.95. The van der Waals surface area contributed by atoms with Gasteiger partial charge in [-0.25, -0.2) is 4.79 Å². The number of hydrogen-bond donors (Lipinski definition) is 0. The Labute approximate surface area is 112 Å². The molecule has 0 atom stereocenters. The number of nitrogens with zero attached hydrogens (tertiary/aromatic N) is 1. The zero-order chi connectivity index (χ0) is 11.8. The average molecular weight is 339 g/mol. The number of ether oxygens (including phenoxy) is 1. The molecule has 4 heteroatoms. The number of unbranched alkanes of at least 4 members (excludes halogenated alkanes) is 1. The van der Waals surface area contributed by atoms with Crippen molar-refractivity contribution in [1.82, 2.24) is 4.90 Å². The van der Waals surface area contributed by atoms with Gasteiger partial charge in [0.05, 0.1) is 6.61 Å². The molecule has 94 valence electrons. The van der Waals surface area contributed by atoms with Crippen molar-refractivity contribution in [2.75, 3.05) is 24.1 Å². The molecule has 1 aliphatic rings. The maximum atomic E-state index is 11.6. The molecule has 0 aliphatic carbocycles. The van der Waals surface area contributed by atoms with Crippen LogP contribution >= 0.6 is 22.6 Å². The van der Waals surface area contributed by atoms with Crippen molar-refractivity contribution in [3.63, 3.8) is 0 Å². The number of halogens is 1. The van der Waals surface area contributed by atoms with Crippen LogP contribution in [0.5, 0.6) is 0 Å². The Balaban J connectivity index is 2.17. The molecule has 1 heterocycles. The number of rotatable bonds is 5. The molecule has 0 aromatic heterocycles. The van der Waals surface area contributed by atoms with Gasteiger partial charge in [-0.15, -0.1) is 0 Å². The summed E-state index contributed by atoms with van der Waals surface area (Å²) in [5.74, 6) is 0.816. The van der Waals surface area contributed by atoms with Crippen LogP contribution in [0.4, 0.5) is 4.79 Å². The highest BCUT2D eigenvalue weighted by Crippen LogP contribution is 2.21. The molecule has 1 rings (SSSR count). The summed E-state index contributed by atoms with van der Waals surface area (Å²) < 4.78 is 6.43. The maximum Gasteiger partial charge on any atom is 0.409 e. The molecule has 0 aromatic carbocycles. The first kappa shape index (κ1) is 14.1. The minimum absolute atomic E-state index is 0.110. The van der Waals surface area contributed by atoms with E-state index in [1.807, 2.05) is 4.90 Å². The summed E-state index contributed by atoms with van der Waals surface area (Å²) in [6.45, 7) is 4.44. The van der Waals surface area contributed by atoms with Gasteiger partial charge in [0.2, 0.25) is 0 Å². The van der Waals surface area contributed by atoms with Crippen LogP contribution in [0.3, 0.4) is 0 Å². The minimum Gasteiger partial charge on any atom is -0.449 e. The number of hydrogen-bond acceptors (Lipinski definition) is 2. The molecule has 1 aliphatic heterocycles. The number of carbonyl (C=O) groups is 1. The monoisotopic (exact) mass is 339 g/mol. The van der Waals surface area contributed by atoms with Crippen LogP contribution in [0, 0.1) is 5.92 Å². The molecule has 3 nitrogen and oxygen atoms in total. The van der Waals surface area contributed by atoms with E-state index < -0.39 is 0 Å². The van der Waals surface area contributed by atoms with Crippen LogP contribution < -0.4 is 0 Å². The highest BCUT2D eigenvalue weighted by molar-refractivity contribution is 14.1. The van der Waals surface area contributed by atoms with Crippen LogP contribution in [0.1, 0.15) is 39.0 Å². The molecule has 0 saturated carbocycles. The van der Waals surface area contributed by atoms with E-state index in [0.29, 0.717) is 6.61 Å². The lowest BCUT2D eigenvalue weighted by Gasteiger charge is -2.31. The van der Waals surface area contributed by atoms with Gasteiger partial charge >= 0.3 is 6.09 Å². The van der Waals surface area contributed by atoms with Gasteiger partial charge in [-0.3, -0.25) is 0 Å². The Hall–Kier alpha value is 0. The molecule has 16 heavy (non-hydrogen) atoms. The Bertz CT molecular complexity index is 203. The Morgan fingerprint density at radius 1 is 1.44 bits per heavy atom. The summed E-state index contributed by atoms with van der Waals surface area (Å²) in [4.78, 5) is 13.5. The number of amides is 1. The first-order valence-corrected chi connectivity index (χ1v) is 7.78. The second kappa shape index (κ2) is 8.14. The van der Waals surface area contributed by atoms with Gasteiger partial charge < -0.3 is 9.64 Å². The van der Waals surface area contributed by atoms with Crippen molar-refractivity contribution >= 4 is 28.7 Å². The summed E-state index contributed by atoms with van der Waals surface area (Å²) in [5, 5.41) is 0. The van der Waals surface area contributed by atoms with Gasteiger partial charge in [-0.2, -0.15) is 0 Å². The summed E-state index contributed by atoms with van der Waals surface area (Å²) >= 11 is 2.43. The van der Waals surface area contributed by atoms with Crippen molar-refractivity contribution in [2.24, 2.45) is 5.92 Å². The SMILES string of the molecule is CCCCOC(=O)N1CCC(CCI)CC1. The van der Waals surface area contributed by atoms with Crippen LogP contribution in [-0.4, -0.2) is 35.1 Å². The molecular weight excluding hydrogens is 317 g/mol. The van der Waals surface area contributed by atoms with Crippen molar-refractivity contribution in [3.8, 4) is 0 Å². The Morgan fingerprint density at radius 2 is 2.12 bits per heavy atom. The number of carbonyl (C=O) groups excluding carboxylic acids is 1. The van der Waals surface area contributed by atoms with Crippen molar-refractivity contribution in [3.05, 3.63) is 0 Å². The van der Waals surface area contributed by atoms with E-state index in [1.54, 1.807) is 0 Å². The maximum absolute atomic E-state index is 11.6. The third-order valence-corrected chi connectivity index (χ3v) is 3.74. The van der Waals surface area contributed by atoms with E-state index in [2.05, 4.69) is 29.5 Å². The Kier molecular flexibility index (Phi) is 7.16. The number of likely N-dealkylation sites (tertiary alicyclic amines) is 1. The fourth-order valence-electron chi connectivity index (χ4n) is 1.95. The average Bonchev–Trinajstić information content (AvgIpc) is 2.30. The largest absolute Gasteiger partial charge is 0.449 e. The molecule has 0 aromatic rings. The molecular formula is C12H22INO2. The molecule has 1 fully saturated rings. The second-order valence-corrected chi connectivity index (χ2v) is 5.45. The highest BCUT2D eigenvalue weighted by atomic mass is 127. The summed E-state index contributed by atoms with van der Waals surface area (Å²) in [5.41, 5.74) is 0. The summed E-state index contributed by atoms with van der Waals surface area (Å²) in [6, 6.07) is 0. The molecule has 0 spiro atoms. The van der Waals surface area contributed by atoms with Gasteiger partial charge in [0.15, 0.2) is 0 Å². The van der Waals surface area contributed by atoms with Crippen LogP contribution in [0.2, 0.25) is 0 Å². The third-order valence-electron chi connectivity index (χ3n) is 3.11. The molecule has 1 amide bonds. The predicted molar refractivity (Wildman–Crippen MR) is 74.1 cm³/mol. The fourth-order valence-corrected chi connectivity index (χ4v) is 2.83. The van der Waals surface area contributed by atoms with Crippen LogP contribution in [0.25, 0.3) is 0 Å². The third kappa shape index (κ3) is 4.89. The van der Waals surface area contributed by atoms with Crippen LogP contribution in [0.15, 0.2) is 0 Å². The molecule has 0 unspecified atom stereocenters. The predicted octanol–water partition coefficient (Wildman–Crippen LogP) is 3.46. The molecule has 0 bridgehead atoms. The van der Waals surface area contributed by atoms with Crippen molar-refractivity contribution < 1.29 is 9.53 Å². The minimum atomic E-state index is -0.110. The zero-order valence-corrected chi connectivity index (χ0v) is 12.2. The van der Waals surface area contributed by atoms with E-state index in [-0.39, 0.29) is 6.09 Å². The lowest BCUT2D eigenvalue weighted by Crippen LogP contribution is -2.39. The normalized spacial score (nSPS) is 17.5.